The van der Waals surface area contributed by atoms with Crippen LogP contribution in [0.3, 0.4) is 0 Å². The van der Waals surface area contributed by atoms with Crippen LogP contribution in [0.1, 0.15) is 0 Å². The molecule has 0 bridgehead atoms. The lowest BCUT2D eigenvalue weighted by Gasteiger charge is -2.13. The van der Waals surface area contributed by atoms with E-state index in [1.165, 1.54) is 20.3 Å². The van der Waals surface area contributed by atoms with Gasteiger partial charge in [0.15, 0.2) is 0 Å². The molecule has 1 saturated carbocycles. The maximum atomic E-state index is 12.4. The lowest BCUT2D eigenvalue weighted by molar-refractivity contribution is 0.386. The number of fused-ring (bicyclic) bond motifs is 1. The number of nitrogens with one attached hydrogen (secondary N) is 2. The lowest BCUT2D eigenvalue weighted by Crippen LogP contribution is -2.32. The van der Waals surface area contributed by atoms with E-state index in [1.807, 2.05) is 0 Å². The predicted octanol–water partition coefficient (Wildman–Crippen LogP) is 0.200. The highest BCUT2D eigenvalue weighted by Gasteiger charge is 2.54. The molecule has 0 aromatic heterocycles. The second-order valence-corrected chi connectivity index (χ2v) is 6.83. The van der Waals surface area contributed by atoms with Crippen molar-refractivity contribution in [3.05, 3.63) is 18.2 Å². The molecule has 2 atom stereocenters. The van der Waals surface area contributed by atoms with E-state index in [4.69, 9.17) is 9.47 Å². The van der Waals surface area contributed by atoms with Crippen molar-refractivity contribution in [2.24, 2.45) is 11.8 Å². The molecule has 1 aromatic rings. The van der Waals surface area contributed by atoms with Crippen molar-refractivity contribution in [1.82, 2.24) is 10.0 Å². The first-order chi connectivity index (χ1) is 9.56. The van der Waals surface area contributed by atoms with Crippen LogP contribution in [0.2, 0.25) is 0 Å². The van der Waals surface area contributed by atoms with Gasteiger partial charge in [-0.2, -0.15) is 0 Å². The third-order valence-electron chi connectivity index (χ3n) is 4.04. The van der Waals surface area contributed by atoms with Crippen molar-refractivity contribution < 1.29 is 17.9 Å². The van der Waals surface area contributed by atoms with Crippen molar-refractivity contribution in [2.45, 2.75) is 10.9 Å². The monoisotopic (exact) mass is 298 g/mol. The van der Waals surface area contributed by atoms with E-state index < -0.39 is 10.0 Å². The number of hydrogen-bond donors (Lipinski definition) is 2. The Labute approximate surface area is 118 Å². The number of methoxy groups -OCH3 is 2. The Morgan fingerprint density at radius 3 is 2.50 bits per heavy atom. The molecule has 2 fully saturated rings. The lowest BCUT2D eigenvalue weighted by atomic mass is 10.3. The van der Waals surface area contributed by atoms with E-state index in [0.29, 0.717) is 23.3 Å². The second-order valence-electron chi connectivity index (χ2n) is 5.15. The van der Waals surface area contributed by atoms with Gasteiger partial charge in [-0.05, 0) is 37.1 Å². The Morgan fingerprint density at radius 2 is 1.90 bits per heavy atom. The highest BCUT2D eigenvalue weighted by Crippen LogP contribution is 2.43. The number of rotatable bonds is 5. The van der Waals surface area contributed by atoms with E-state index in [1.54, 1.807) is 12.1 Å². The number of hydrogen-bond acceptors (Lipinski definition) is 5. The Hall–Kier alpha value is -1.31. The molecule has 2 unspecified atom stereocenters. The van der Waals surface area contributed by atoms with Gasteiger partial charge in [0.2, 0.25) is 10.0 Å². The maximum absolute atomic E-state index is 12.4. The number of ether oxygens (including phenoxy) is 2. The molecule has 2 N–H and O–H groups in total. The standard InChI is InChI=1S/C13H18N2O4S/c1-18-8-3-4-12(11(5-8)19-2)20(16,17)15-13-9-6-14-7-10(9)13/h3-5,9-10,13-15H,6-7H2,1-2H3. The molecule has 7 heteroatoms. The summed E-state index contributed by atoms with van der Waals surface area (Å²) in [5, 5.41) is 3.24. The second kappa shape index (κ2) is 4.91. The van der Waals surface area contributed by atoms with Crippen LogP contribution in [0.15, 0.2) is 23.1 Å². The van der Waals surface area contributed by atoms with Gasteiger partial charge in [0, 0.05) is 12.1 Å². The van der Waals surface area contributed by atoms with E-state index in [0.717, 1.165) is 13.1 Å². The average molecular weight is 298 g/mol. The maximum Gasteiger partial charge on any atom is 0.244 e. The fraction of sp³-hybridized carbons (Fsp3) is 0.538. The van der Waals surface area contributed by atoms with E-state index >= 15 is 0 Å². The molecule has 1 aromatic carbocycles. The van der Waals surface area contributed by atoms with Crippen LogP contribution in [0, 0.1) is 11.8 Å². The quantitative estimate of drug-likeness (QED) is 0.812. The molecule has 1 aliphatic carbocycles. The van der Waals surface area contributed by atoms with Gasteiger partial charge in [-0.15, -0.1) is 0 Å². The molecular formula is C13H18N2O4S. The number of benzene rings is 1. The van der Waals surface area contributed by atoms with Crippen molar-refractivity contribution in [2.75, 3.05) is 27.3 Å². The van der Waals surface area contributed by atoms with Gasteiger partial charge in [0.1, 0.15) is 16.4 Å². The fourth-order valence-corrected chi connectivity index (χ4v) is 4.32. The Morgan fingerprint density at radius 1 is 1.20 bits per heavy atom. The molecule has 0 amide bonds. The molecule has 3 rings (SSSR count). The van der Waals surface area contributed by atoms with E-state index in [-0.39, 0.29) is 10.9 Å². The summed E-state index contributed by atoms with van der Waals surface area (Å²) in [5.74, 6) is 1.71. The minimum Gasteiger partial charge on any atom is -0.497 e. The summed E-state index contributed by atoms with van der Waals surface area (Å²) in [4.78, 5) is 0.152. The van der Waals surface area contributed by atoms with Crippen LogP contribution >= 0.6 is 0 Å². The topological polar surface area (TPSA) is 76.7 Å². The van der Waals surface area contributed by atoms with E-state index in [2.05, 4.69) is 10.0 Å². The molecule has 1 heterocycles. The summed E-state index contributed by atoms with van der Waals surface area (Å²) in [6.07, 6.45) is 0. The van der Waals surface area contributed by atoms with Crippen LogP contribution < -0.4 is 19.5 Å². The van der Waals surface area contributed by atoms with Crippen LogP contribution in [-0.4, -0.2) is 41.8 Å². The number of sulfonamides is 1. The molecule has 1 saturated heterocycles. The molecule has 20 heavy (non-hydrogen) atoms. The van der Waals surface area contributed by atoms with Crippen molar-refractivity contribution in [3.63, 3.8) is 0 Å². The number of piperidine rings is 1. The summed E-state index contributed by atoms with van der Waals surface area (Å²) < 4.78 is 37.9. The normalized spacial score (nSPS) is 28.0. The Kier molecular flexibility index (Phi) is 3.35. The molecule has 2 aliphatic rings. The van der Waals surface area contributed by atoms with Crippen LogP contribution in [-0.2, 0) is 10.0 Å². The first-order valence-corrected chi connectivity index (χ1v) is 8.00. The Bertz CT molecular complexity index is 607. The van der Waals surface area contributed by atoms with Gasteiger partial charge in [-0.3, -0.25) is 0 Å². The van der Waals surface area contributed by atoms with Crippen LogP contribution in [0.5, 0.6) is 11.5 Å². The summed E-state index contributed by atoms with van der Waals surface area (Å²) >= 11 is 0. The highest BCUT2D eigenvalue weighted by molar-refractivity contribution is 7.89. The third-order valence-corrected chi connectivity index (χ3v) is 5.54. The molecule has 6 nitrogen and oxygen atoms in total. The van der Waals surface area contributed by atoms with Crippen molar-refractivity contribution >= 4 is 10.0 Å². The largest absolute Gasteiger partial charge is 0.497 e. The molecule has 0 spiro atoms. The summed E-state index contributed by atoms with van der Waals surface area (Å²) in [7, 11) is -0.590. The Balaban J connectivity index is 1.83. The highest BCUT2D eigenvalue weighted by atomic mass is 32.2. The van der Waals surface area contributed by atoms with Crippen LogP contribution in [0.25, 0.3) is 0 Å². The zero-order valence-electron chi connectivity index (χ0n) is 11.4. The van der Waals surface area contributed by atoms with Gasteiger partial charge in [-0.1, -0.05) is 0 Å². The predicted molar refractivity (Wildman–Crippen MR) is 73.5 cm³/mol. The van der Waals surface area contributed by atoms with E-state index in [9.17, 15) is 8.42 Å². The molecule has 110 valence electrons. The summed E-state index contributed by atoms with van der Waals surface area (Å²) in [6, 6.07) is 4.75. The van der Waals surface area contributed by atoms with Gasteiger partial charge < -0.3 is 14.8 Å². The zero-order valence-corrected chi connectivity index (χ0v) is 12.2. The first-order valence-electron chi connectivity index (χ1n) is 6.52. The smallest absolute Gasteiger partial charge is 0.244 e. The fourth-order valence-electron chi connectivity index (χ4n) is 2.83. The summed E-state index contributed by atoms with van der Waals surface area (Å²) in [6.45, 7) is 1.77. The van der Waals surface area contributed by atoms with Crippen molar-refractivity contribution in [3.8, 4) is 11.5 Å². The minimum absolute atomic E-state index is 0.0491. The average Bonchev–Trinajstić information content (AvgIpc) is 2.89. The van der Waals surface area contributed by atoms with Gasteiger partial charge in [-0.25, -0.2) is 13.1 Å². The van der Waals surface area contributed by atoms with Gasteiger partial charge in [0.25, 0.3) is 0 Å². The first kappa shape index (κ1) is 13.7. The SMILES string of the molecule is COc1ccc(S(=O)(=O)NC2C3CNCC32)c(OC)c1. The van der Waals surface area contributed by atoms with Gasteiger partial charge in [0.05, 0.1) is 14.2 Å². The van der Waals surface area contributed by atoms with Gasteiger partial charge >= 0.3 is 0 Å². The molecule has 1 aliphatic heterocycles. The minimum atomic E-state index is -3.57. The summed E-state index contributed by atoms with van der Waals surface area (Å²) in [5.41, 5.74) is 0. The molecular weight excluding hydrogens is 280 g/mol. The third kappa shape index (κ3) is 2.25. The molecule has 0 radical (unpaired) electrons. The zero-order chi connectivity index (χ0) is 14.3. The van der Waals surface area contributed by atoms with Crippen molar-refractivity contribution in [1.29, 1.82) is 0 Å². The van der Waals surface area contributed by atoms with Crippen LogP contribution in [0.4, 0.5) is 0 Å².